The van der Waals surface area contributed by atoms with E-state index in [9.17, 15) is 9.65 Å². The van der Waals surface area contributed by atoms with Crippen LogP contribution < -0.4 is 0 Å². The van der Waals surface area contributed by atoms with Crippen molar-refractivity contribution in [2.24, 2.45) is 0 Å². The number of rotatable bonds is 3. The third kappa shape index (κ3) is 3.13. The Morgan fingerprint density at radius 1 is 1.24 bits per heavy atom. The van der Waals surface area contributed by atoms with E-state index >= 15 is 0 Å². The van der Waals surface area contributed by atoms with Crippen molar-refractivity contribution >= 4 is 11.0 Å². The third-order valence-electron chi connectivity index (χ3n) is 4.90. The van der Waals surface area contributed by atoms with Gasteiger partial charge in [0.2, 0.25) is 0 Å². The topological polar surface area (TPSA) is 55.7 Å². The molecule has 2 aromatic carbocycles. The molecule has 1 N–H and O–H groups in total. The number of H-pyrrole nitrogens is 1. The smallest absolute Gasteiger partial charge is 0.125 e. The summed E-state index contributed by atoms with van der Waals surface area (Å²) in [6, 6.07) is 14.8. The molecular weight excluding hydrogens is 315 g/mol. The van der Waals surface area contributed by atoms with Gasteiger partial charge in [-0.25, -0.2) is 9.37 Å². The van der Waals surface area contributed by atoms with Crippen LogP contribution in [-0.2, 0) is 6.54 Å². The van der Waals surface area contributed by atoms with Crippen molar-refractivity contribution in [2.45, 2.75) is 31.8 Å². The molecule has 3 aromatic rings. The molecule has 0 amide bonds. The molecule has 4 nitrogen and oxygen atoms in total. The van der Waals surface area contributed by atoms with Gasteiger partial charge in [-0.15, -0.1) is 0 Å². The first-order valence-electron chi connectivity index (χ1n) is 8.62. The lowest BCUT2D eigenvalue weighted by atomic mass is 9.99. The van der Waals surface area contributed by atoms with Gasteiger partial charge in [0, 0.05) is 6.54 Å². The Balaban J connectivity index is 1.65. The second kappa shape index (κ2) is 6.66. The number of aromatic amines is 1. The maximum absolute atomic E-state index is 13.4. The molecule has 1 atom stereocenters. The van der Waals surface area contributed by atoms with E-state index in [1.807, 2.05) is 24.3 Å². The average molecular weight is 334 g/mol. The SMILES string of the molecule is N#Cc1ccccc1CN1CCCC[C@H]1c1nc2ccc(F)cc2[nH]1. The number of fused-ring (bicyclic) bond motifs is 1. The number of nitrogens with one attached hydrogen (secondary N) is 1. The molecule has 1 aromatic heterocycles. The van der Waals surface area contributed by atoms with Crippen molar-refractivity contribution in [3.8, 4) is 6.07 Å². The Morgan fingerprint density at radius 3 is 3.00 bits per heavy atom. The third-order valence-corrected chi connectivity index (χ3v) is 4.90. The Labute approximate surface area is 145 Å². The van der Waals surface area contributed by atoms with Gasteiger partial charge in [-0.1, -0.05) is 24.6 Å². The molecule has 2 heterocycles. The lowest BCUT2D eigenvalue weighted by Crippen LogP contribution is -2.33. The second-order valence-electron chi connectivity index (χ2n) is 6.53. The molecular formula is C20H19FN4. The van der Waals surface area contributed by atoms with Gasteiger partial charge in [-0.3, -0.25) is 4.90 Å². The van der Waals surface area contributed by atoms with Crippen molar-refractivity contribution in [3.63, 3.8) is 0 Å². The van der Waals surface area contributed by atoms with Gasteiger partial charge < -0.3 is 4.98 Å². The highest BCUT2D eigenvalue weighted by Gasteiger charge is 2.27. The van der Waals surface area contributed by atoms with Crippen LogP contribution in [0.3, 0.4) is 0 Å². The summed E-state index contributed by atoms with van der Waals surface area (Å²) in [5, 5.41) is 9.33. The Hall–Kier alpha value is -2.71. The summed E-state index contributed by atoms with van der Waals surface area (Å²) in [6.45, 7) is 1.69. The minimum absolute atomic E-state index is 0.163. The molecule has 1 fully saturated rings. The quantitative estimate of drug-likeness (QED) is 0.777. The number of nitrogens with zero attached hydrogens (tertiary/aromatic N) is 3. The highest BCUT2D eigenvalue weighted by atomic mass is 19.1. The zero-order valence-electron chi connectivity index (χ0n) is 13.9. The fourth-order valence-electron chi connectivity index (χ4n) is 3.64. The molecule has 0 bridgehead atoms. The second-order valence-corrected chi connectivity index (χ2v) is 6.53. The highest BCUT2D eigenvalue weighted by Crippen LogP contribution is 2.32. The molecule has 0 saturated carbocycles. The van der Waals surface area contributed by atoms with Gasteiger partial charge in [-0.2, -0.15) is 5.26 Å². The van der Waals surface area contributed by atoms with Crippen LogP contribution in [0.4, 0.5) is 4.39 Å². The molecule has 1 aliphatic rings. The Morgan fingerprint density at radius 2 is 2.12 bits per heavy atom. The highest BCUT2D eigenvalue weighted by molar-refractivity contribution is 5.75. The zero-order chi connectivity index (χ0) is 17.2. The summed E-state index contributed by atoms with van der Waals surface area (Å²) in [6.07, 6.45) is 3.30. The van der Waals surface area contributed by atoms with Crippen LogP contribution in [0.5, 0.6) is 0 Å². The van der Waals surface area contributed by atoms with E-state index in [1.54, 1.807) is 6.07 Å². The van der Waals surface area contributed by atoms with Crippen LogP contribution in [0.2, 0.25) is 0 Å². The Kier molecular flexibility index (Phi) is 4.21. The zero-order valence-corrected chi connectivity index (χ0v) is 13.9. The van der Waals surface area contributed by atoms with E-state index in [-0.39, 0.29) is 11.9 Å². The number of hydrogen-bond donors (Lipinski definition) is 1. The normalized spacial score (nSPS) is 18.3. The Bertz CT molecular complexity index is 940. The number of likely N-dealkylation sites (tertiary alicyclic amines) is 1. The molecule has 4 rings (SSSR count). The van der Waals surface area contributed by atoms with Crippen molar-refractivity contribution in [3.05, 3.63) is 65.2 Å². The fraction of sp³-hybridized carbons (Fsp3) is 0.300. The van der Waals surface area contributed by atoms with Gasteiger partial charge >= 0.3 is 0 Å². The monoisotopic (exact) mass is 334 g/mol. The maximum Gasteiger partial charge on any atom is 0.125 e. The number of halogens is 1. The number of benzene rings is 2. The van der Waals surface area contributed by atoms with Crippen LogP contribution in [0.1, 0.15) is 42.3 Å². The van der Waals surface area contributed by atoms with Crippen molar-refractivity contribution < 1.29 is 4.39 Å². The summed E-state index contributed by atoms with van der Waals surface area (Å²) < 4.78 is 13.4. The van der Waals surface area contributed by atoms with E-state index < -0.39 is 0 Å². The van der Waals surface area contributed by atoms with E-state index in [0.29, 0.717) is 0 Å². The van der Waals surface area contributed by atoms with E-state index in [2.05, 4.69) is 20.9 Å². The van der Waals surface area contributed by atoms with E-state index in [0.717, 1.165) is 60.3 Å². The molecule has 0 unspecified atom stereocenters. The van der Waals surface area contributed by atoms with Crippen molar-refractivity contribution in [2.75, 3.05) is 6.54 Å². The molecule has 126 valence electrons. The number of aromatic nitrogens is 2. The number of nitriles is 1. The lowest BCUT2D eigenvalue weighted by Gasteiger charge is -2.34. The summed E-state index contributed by atoms with van der Waals surface area (Å²) in [5.74, 6) is 0.626. The number of piperidine rings is 1. The minimum atomic E-state index is -0.258. The summed E-state index contributed by atoms with van der Waals surface area (Å²) >= 11 is 0. The predicted molar refractivity (Wildman–Crippen MR) is 94.2 cm³/mol. The lowest BCUT2D eigenvalue weighted by molar-refractivity contribution is 0.134. The summed E-state index contributed by atoms with van der Waals surface area (Å²) in [5.41, 5.74) is 3.29. The van der Waals surface area contributed by atoms with Gasteiger partial charge in [0.25, 0.3) is 0 Å². The standard InChI is InChI=1S/C20H19FN4/c21-16-8-9-17-18(11-16)24-20(23-17)19-7-3-4-10-25(19)13-15-6-2-1-5-14(15)12-22/h1-2,5-6,8-9,11,19H,3-4,7,10,13H2,(H,23,24)/t19-/m0/s1. The average Bonchev–Trinajstić information content (AvgIpc) is 3.05. The largest absolute Gasteiger partial charge is 0.341 e. The molecule has 5 heteroatoms. The van der Waals surface area contributed by atoms with Crippen molar-refractivity contribution in [1.29, 1.82) is 5.26 Å². The van der Waals surface area contributed by atoms with Crippen molar-refractivity contribution in [1.82, 2.24) is 14.9 Å². The number of hydrogen-bond acceptors (Lipinski definition) is 3. The first kappa shape index (κ1) is 15.8. The molecule has 1 aliphatic heterocycles. The first-order valence-corrected chi connectivity index (χ1v) is 8.62. The number of imidazole rings is 1. The van der Waals surface area contributed by atoms with Gasteiger partial charge in [0.05, 0.1) is 28.7 Å². The van der Waals surface area contributed by atoms with E-state index in [4.69, 9.17) is 0 Å². The van der Waals surface area contributed by atoms with Gasteiger partial charge in [-0.05, 0) is 49.2 Å². The van der Waals surface area contributed by atoms with Crippen LogP contribution in [0.25, 0.3) is 11.0 Å². The molecule has 0 radical (unpaired) electrons. The summed E-state index contributed by atoms with van der Waals surface area (Å²) in [7, 11) is 0. The van der Waals surface area contributed by atoms with Gasteiger partial charge in [0.15, 0.2) is 0 Å². The molecule has 1 saturated heterocycles. The first-order chi connectivity index (χ1) is 12.2. The summed E-state index contributed by atoms with van der Waals surface area (Å²) in [4.78, 5) is 10.3. The molecule has 25 heavy (non-hydrogen) atoms. The molecule has 0 aliphatic carbocycles. The van der Waals surface area contributed by atoms with Crippen LogP contribution in [0, 0.1) is 17.1 Å². The fourth-order valence-corrected chi connectivity index (χ4v) is 3.64. The minimum Gasteiger partial charge on any atom is -0.341 e. The molecule has 0 spiro atoms. The predicted octanol–water partition coefficient (Wildman–Crippen LogP) is 4.30. The van der Waals surface area contributed by atoms with Crippen LogP contribution in [0.15, 0.2) is 42.5 Å². The van der Waals surface area contributed by atoms with Crippen LogP contribution >= 0.6 is 0 Å². The van der Waals surface area contributed by atoms with Gasteiger partial charge in [0.1, 0.15) is 11.6 Å². The maximum atomic E-state index is 13.4. The van der Waals surface area contributed by atoms with E-state index in [1.165, 1.54) is 12.1 Å². The van der Waals surface area contributed by atoms with Crippen LogP contribution in [-0.4, -0.2) is 21.4 Å².